The summed E-state index contributed by atoms with van der Waals surface area (Å²) in [6, 6.07) is 0. The standard InChI is InChI=1S/2C5H12O3Si/c1-6-4(7-2)5(9)8-3;1-5-9(6-2,7-3)8-4/h1-3,9H3;5H,1H2,2-4H3. The van der Waals surface area contributed by atoms with E-state index in [4.69, 9.17) is 27.5 Å². The summed E-state index contributed by atoms with van der Waals surface area (Å²) in [5.41, 5.74) is 1.58. The van der Waals surface area contributed by atoms with Crippen LogP contribution in [-0.4, -0.2) is 61.7 Å². The van der Waals surface area contributed by atoms with Crippen molar-refractivity contribution in [1.82, 2.24) is 0 Å². The Morgan fingerprint density at radius 2 is 1.28 bits per heavy atom. The fourth-order valence-electron chi connectivity index (χ4n) is 0.954. The molecule has 0 atom stereocenters. The van der Waals surface area contributed by atoms with Gasteiger partial charge < -0.3 is 27.5 Å². The van der Waals surface area contributed by atoms with E-state index >= 15 is 0 Å². The highest BCUT2D eigenvalue weighted by Crippen LogP contribution is 2.05. The SMILES string of the molecule is C=C[Si](OC)(OC)OC.COC([SiH3])=C(OC)OC. The normalized spacial score (nSPS) is 9.89. The van der Waals surface area contributed by atoms with Crippen LogP contribution < -0.4 is 0 Å². The van der Waals surface area contributed by atoms with Gasteiger partial charge in [0, 0.05) is 21.3 Å². The minimum absolute atomic E-state index is 0.476. The molecule has 0 saturated carbocycles. The van der Waals surface area contributed by atoms with Crippen molar-refractivity contribution >= 4 is 19.0 Å². The molecule has 0 N–H and O–H groups in total. The summed E-state index contributed by atoms with van der Waals surface area (Å²) < 4.78 is 29.4. The first-order valence-electron chi connectivity index (χ1n) is 5.12. The van der Waals surface area contributed by atoms with E-state index in [0.717, 1.165) is 15.6 Å². The van der Waals surface area contributed by atoms with Crippen molar-refractivity contribution in [2.24, 2.45) is 0 Å². The summed E-state index contributed by atoms with van der Waals surface area (Å²) in [6.45, 7) is 3.53. The Labute approximate surface area is 113 Å². The molecule has 0 aliphatic heterocycles. The van der Waals surface area contributed by atoms with Crippen LogP contribution in [0.1, 0.15) is 0 Å². The highest BCUT2D eigenvalue weighted by molar-refractivity contribution is 6.66. The molecule has 0 aromatic rings. The first kappa shape index (κ1) is 19.5. The molecule has 0 radical (unpaired) electrons. The van der Waals surface area contributed by atoms with Crippen LogP contribution in [0.15, 0.2) is 23.6 Å². The molecular formula is C10H24O6Si2. The van der Waals surface area contributed by atoms with Crippen molar-refractivity contribution in [2.75, 3.05) is 42.7 Å². The predicted molar refractivity (Wildman–Crippen MR) is 75.0 cm³/mol. The Balaban J connectivity index is 0. The minimum Gasteiger partial charge on any atom is -0.500 e. The Morgan fingerprint density at radius 1 is 0.889 bits per heavy atom. The Kier molecular flexibility index (Phi) is 12.3. The second kappa shape index (κ2) is 11.3. The van der Waals surface area contributed by atoms with Crippen LogP contribution in [0.5, 0.6) is 0 Å². The van der Waals surface area contributed by atoms with E-state index in [9.17, 15) is 0 Å². The molecule has 0 heterocycles. The maximum absolute atomic E-state index is 4.96. The molecule has 0 aliphatic rings. The number of methoxy groups -OCH3 is 3. The highest BCUT2D eigenvalue weighted by Gasteiger charge is 2.33. The van der Waals surface area contributed by atoms with Gasteiger partial charge in [-0.3, -0.25) is 0 Å². The van der Waals surface area contributed by atoms with Crippen molar-refractivity contribution in [3.8, 4) is 0 Å². The van der Waals surface area contributed by atoms with Gasteiger partial charge in [-0.25, -0.2) is 0 Å². The fourth-order valence-corrected chi connectivity index (χ4v) is 2.36. The van der Waals surface area contributed by atoms with Gasteiger partial charge in [-0.2, -0.15) is 0 Å². The minimum atomic E-state index is -2.43. The summed E-state index contributed by atoms with van der Waals surface area (Å²) in [7, 11) is 7.70. The van der Waals surface area contributed by atoms with Gasteiger partial charge >= 0.3 is 14.7 Å². The van der Waals surface area contributed by atoms with Crippen molar-refractivity contribution < 1.29 is 27.5 Å². The molecule has 0 fully saturated rings. The Hall–Kier alpha value is -0.806. The van der Waals surface area contributed by atoms with Crippen molar-refractivity contribution in [1.29, 1.82) is 0 Å². The van der Waals surface area contributed by atoms with E-state index in [2.05, 4.69) is 6.58 Å². The van der Waals surface area contributed by atoms with Crippen molar-refractivity contribution in [2.45, 2.75) is 0 Å². The van der Waals surface area contributed by atoms with Crippen LogP contribution in [0, 0.1) is 0 Å². The second-order valence-corrected chi connectivity index (χ2v) is 6.62. The molecule has 0 aromatic heterocycles. The molecule has 0 saturated heterocycles. The average molecular weight is 296 g/mol. The molecule has 0 aromatic carbocycles. The third-order valence-electron chi connectivity index (χ3n) is 2.07. The quantitative estimate of drug-likeness (QED) is 0.487. The molecule has 0 aliphatic carbocycles. The zero-order valence-corrected chi connectivity index (χ0v) is 15.2. The molecule has 0 spiro atoms. The van der Waals surface area contributed by atoms with Crippen molar-refractivity contribution in [3.63, 3.8) is 0 Å². The van der Waals surface area contributed by atoms with Gasteiger partial charge in [-0.05, 0) is 5.70 Å². The monoisotopic (exact) mass is 296 g/mol. The molecule has 108 valence electrons. The van der Waals surface area contributed by atoms with E-state index in [1.54, 1.807) is 48.4 Å². The van der Waals surface area contributed by atoms with Crippen LogP contribution in [0.25, 0.3) is 0 Å². The lowest BCUT2D eigenvalue weighted by atomic mass is 10.9. The summed E-state index contributed by atoms with van der Waals surface area (Å²) in [4.78, 5) is 0. The van der Waals surface area contributed by atoms with E-state index < -0.39 is 8.80 Å². The number of rotatable bonds is 7. The summed E-state index contributed by atoms with van der Waals surface area (Å²) in [5.74, 6) is 0.476. The summed E-state index contributed by atoms with van der Waals surface area (Å²) in [5, 5.41) is 0.778. The molecule has 0 rings (SSSR count). The van der Waals surface area contributed by atoms with Gasteiger partial charge in [0.1, 0.15) is 5.38 Å². The molecule has 0 bridgehead atoms. The molecule has 8 heteroatoms. The van der Waals surface area contributed by atoms with Gasteiger partial charge in [0.25, 0.3) is 0 Å². The largest absolute Gasteiger partial charge is 0.528 e. The zero-order chi connectivity index (χ0) is 14.6. The number of hydrogen-bond donors (Lipinski definition) is 0. The lowest BCUT2D eigenvalue weighted by molar-refractivity contribution is 0.0758. The van der Waals surface area contributed by atoms with Gasteiger partial charge in [0.2, 0.25) is 0 Å². The fraction of sp³-hybridized carbons (Fsp3) is 0.600. The van der Waals surface area contributed by atoms with Gasteiger partial charge in [-0.15, -0.1) is 0 Å². The van der Waals surface area contributed by atoms with E-state index in [-0.39, 0.29) is 0 Å². The molecule has 18 heavy (non-hydrogen) atoms. The molecule has 0 unspecified atom stereocenters. The Bertz CT molecular complexity index is 238. The first-order chi connectivity index (χ1) is 8.50. The van der Waals surface area contributed by atoms with E-state index in [0.29, 0.717) is 5.95 Å². The van der Waals surface area contributed by atoms with Gasteiger partial charge in [0.05, 0.1) is 31.6 Å². The summed E-state index contributed by atoms with van der Waals surface area (Å²) >= 11 is 0. The molecule has 0 amide bonds. The zero-order valence-electron chi connectivity index (χ0n) is 12.2. The van der Waals surface area contributed by atoms with Gasteiger partial charge in [0.15, 0.2) is 0 Å². The third kappa shape index (κ3) is 6.81. The first-order valence-corrected chi connectivity index (χ1v) is 7.92. The number of ether oxygens (including phenoxy) is 3. The lowest BCUT2D eigenvalue weighted by Crippen LogP contribution is -2.40. The smallest absolute Gasteiger partial charge is 0.500 e. The predicted octanol–water partition coefficient (Wildman–Crippen LogP) is 0.00730. The third-order valence-corrected chi connectivity index (χ3v) is 5.09. The highest BCUT2D eigenvalue weighted by atomic mass is 28.4. The molecular weight excluding hydrogens is 272 g/mol. The van der Waals surface area contributed by atoms with Crippen LogP contribution >= 0.6 is 0 Å². The van der Waals surface area contributed by atoms with Gasteiger partial charge in [-0.1, -0.05) is 6.58 Å². The lowest BCUT2D eigenvalue weighted by Gasteiger charge is -2.19. The maximum Gasteiger partial charge on any atom is 0.528 e. The van der Waals surface area contributed by atoms with Crippen LogP contribution in [-0.2, 0) is 27.5 Å². The molecule has 6 nitrogen and oxygen atoms in total. The Morgan fingerprint density at radius 3 is 1.33 bits per heavy atom. The van der Waals surface area contributed by atoms with Crippen LogP contribution in [0.4, 0.5) is 0 Å². The maximum atomic E-state index is 4.96. The van der Waals surface area contributed by atoms with Crippen molar-refractivity contribution in [3.05, 3.63) is 23.6 Å². The van der Waals surface area contributed by atoms with Crippen LogP contribution in [0.3, 0.4) is 0 Å². The topological polar surface area (TPSA) is 55.4 Å². The number of hydrogen-bond acceptors (Lipinski definition) is 6. The van der Waals surface area contributed by atoms with E-state index in [1.165, 1.54) is 0 Å². The van der Waals surface area contributed by atoms with E-state index in [1.807, 2.05) is 0 Å². The average Bonchev–Trinajstić information content (AvgIpc) is 2.44. The van der Waals surface area contributed by atoms with Crippen LogP contribution in [0.2, 0.25) is 0 Å². The second-order valence-electron chi connectivity index (χ2n) is 2.88. The summed E-state index contributed by atoms with van der Waals surface area (Å²) in [6.07, 6.45) is 0.